The number of carboxylic acid groups (broad SMARTS) is 1. The molecular weight excluding hydrogens is 244 g/mol. The number of hydrogen-bond acceptors (Lipinski definition) is 4. The number of nitrogens with one attached hydrogen (secondary N) is 1. The maximum Gasteiger partial charge on any atom is 0.324 e. The van der Waals surface area contributed by atoms with Crippen molar-refractivity contribution in [3.05, 3.63) is 0 Å². The second kappa shape index (κ2) is 5.90. The van der Waals surface area contributed by atoms with E-state index in [0.29, 0.717) is 5.75 Å². The predicted molar refractivity (Wildman–Crippen MR) is 63.8 cm³/mol. The fourth-order valence-electron chi connectivity index (χ4n) is 1.50. The lowest BCUT2D eigenvalue weighted by Crippen LogP contribution is -2.34. The van der Waals surface area contributed by atoms with Gasteiger partial charge < -0.3 is 10.4 Å². The van der Waals surface area contributed by atoms with Gasteiger partial charge in [0.1, 0.15) is 5.25 Å². The molecule has 0 aliphatic carbocycles. The van der Waals surface area contributed by atoms with E-state index in [1.54, 1.807) is 0 Å². The first kappa shape index (κ1) is 13.8. The summed E-state index contributed by atoms with van der Waals surface area (Å²) in [5.41, 5.74) is 0. The number of carboxylic acids is 1. The van der Waals surface area contributed by atoms with Crippen LogP contribution in [0.1, 0.15) is 13.8 Å². The third-order valence-electron chi connectivity index (χ3n) is 2.40. The molecule has 6 nitrogen and oxygen atoms in total. The van der Waals surface area contributed by atoms with Gasteiger partial charge in [0.25, 0.3) is 0 Å². The topological polar surface area (TPSA) is 86.7 Å². The second-order valence-corrected chi connectivity index (χ2v) is 5.33. The fourth-order valence-corrected chi connectivity index (χ4v) is 2.57. The van der Waals surface area contributed by atoms with Gasteiger partial charge in [0, 0.05) is 12.3 Å². The molecule has 7 heteroatoms. The van der Waals surface area contributed by atoms with Gasteiger partial charge in [-0.05, 0) is 5.92 Å². The Bertz CT molecular complexity index is 316. The minimum atomic E-state index is -0.859. The molecular formula is C10H16N2O4S. The fraction of sp³-hybridized carbons (Fsp3) is 0.700. The van der Waals surface area contributed by atoms with Crippen LogP contribution >= 0.6 is 11.8 Å². The molecule has 1 unspecified atom stereocenters. The van der Waals surface area contributed by atoms with Gasteiger partial charge in [-0.1, -0.05) is 13.8 Å². The molecule has 2 N–H and O–H groups in total. The molecule has 1 aliphatic rings. The van der Waals surface area contributed by atoms with Gasteiger partial charge in [0.15, 0.2) is 0 Å². The van der Waals surface area contributed by atoms with Crippen molar-refractivity contribution in [2.75, 3.05) is 18.8 Å². The number of rotatable bonds is 6. The minimum absolute atomic E-state index is 0.0145. The number of urea groups is 1. The highest BCUT2D eigenvalue weighted by Crippen LogP contribution is 2.20. The molecule has 1 atom stereocenters. The number of imide groups is 1. The predicted octanol–water partition coefficient (Wildman–Crippen LogP) is 0.381. The molecule has 0 spiro atoms. The highest BCUT2D eigenvalue weighted by atomic mass is 32.2. The molecule has 3 amide bonds. The van der Waals surface area contributed by atoms with Crippen LogP contribution in [0, 0.1) is 5.92 Å². The van der Waals surface area contributed by atoms with Crippen LogP contribution in [-0.2, 0) is 9.59 Å². The SMILES string of the molecule is CC(C)C(SCCN1C(=O)CNC1=O)C(=O)O. The zero-order chi connectivity index (χ0) is 13.0. The van der Waals surface area contributed by atoms with Crippen LogP contribution in [0.5, 0.6) is 0 Å². The number of aliphatic carboxylic acids is 1. The van der Waals surface area contributed by atoms with E-state index in [0.717, 1.165) is 4.90 Å². The van der Waals surface area contributed by atoms with E-state index in [1.807, 2.05) is 13.8 Å². The van der Waals surface area contributed by atoms with Crippen LogP contribution in [-0.4, -0.2) is 52.0 Å². The molecule has 0 aromatic heterocycles. The highest BCUT2D eigenvalue weighted by molar-refractivity contribution is 8.00. The smallest absolute Gasteiger partial charge is 0.324 e. The first-order valence-electron chi connectivity index (χ1n) is 5.36. The Kier molecular flexibility index (Phi) is 4.80. The summed E-state index contributed by atoms with van der Waals surface area (Å²) in [6, 6.07) is -0.396. The van der Waals surface area contributed by atoms with Gasteiger partial charge >= 0.3 is 12.0 Å². The number of thioether (sulfide) groups is 1. The van der Waals surface area contributed by atoms with Crippen LogP contribution in [0.3, 0.4) is 0 Å². The van der Waals surface area contributed by atoms with Crippen molar-refractivity contribution in [2.45, 2.75) is 19.1 Å². The summed E-state index contributed by atoms with van der Waals surface area (Å²) in [4.78, 5) is 34.5. The molecule has 96 valence electrons. The monoisotopic (exact) mass is 260 g/mol. The van der Waals surface area contributed by atoms with Crippen molar-refractivity contribution >= 4 is 29.7 Å². The first-order chi connectivity index (χ1) is 7.93. The summed E-state index contributed by atoms with van der Waals surface area (Å²) < 4.78 is 0. The summed E-state index contributed by atoms with van der Waals surface area (Å²) in [5.74, 6) is -0.663. The summed E-state index contributed by atoms with van der Waals surface area (Å²) in [5, 5.41) is 10.9. The summed E-state index contributed by atoms with van der Waals surface area (Å²) >= 11 is 1.26. The number of hydrogen-bond donors (Lipinski definition) is 2. The maximum absolute atomic E-state index is 11.2. The third kappa shape index (κ3) is 3.62. The van der Waals surface area contributed by atoms with Gasteiger partial charge in [-0.2, -0.15) is 0 Å². The number of nitrogens with zero attached hydrogens (tertiary/aromatic N) is 1. The number of carbonyl (C=O) groups excluding carboxylic acids is 2. The Labute approximate surface area is 104 Å². The van der Waals surface area contributed by atoms with Crippen LogP contribution in [0.2, 0.25) is 0 Å². The van der Waals surface area contributed by atoms with E-state index in [2.05, 4.69) is 5.32 Å². The molecule has 0 aromatic rings. The van der Waals surface area contributed by atoms with Crippen LogP contribution < -0.4 is 5.32 Å². The Balaban J connectivity index is 2.38. The van der Waals surface area contributed by atoms with E-state index < -0.39 is 17.3 Å². The molecule has 0 bridgehead atoms. The normalized spacial score (nSPS) is 17.5. The molecule has 1 fully saturated rings. The van der Waals surface area contributed by atoms with Gasteiger partial charge in [-0.3, -0.25) is 14.5 Å². The Morgan fingerprint density at radius 3 is 2.59 bits per heavy atom. The number of amides is 3. The van der Waals surface area contributed by atoms with E-state index in [-0.39, 0.29) is 24.9 Å². The van der Waals surface area contributed by atoms with E-state index in [1.165, 1.54) is 11.8 Å². The molecule has 1 aliphatic heterocycles. The van der Waals surface area contributed by atoms with Crippen molar-refractivity contribution < 1.29 is 19.5 Å². The highest BCUT2D eigenvalue weighted by Gasteiger charge is 2.29. The molecule has 0 radical (unpaired) electrons. The Hall–Kier alpha value is -1.24. The molecule has 1 rings (SSSR count). The summed E-state index contributed by atoms with van der Waals surface area (Å²) in [6.45, 7) is 3.96. The third-order valence-corrected chi connectivity index (χ3v) is 3.92. The van der Waals surface area contributed by atoms with Crippen molar-refractivity contribution in [1.29, 1.82) is 0 Å². The standard InChI is InChI=1S/C10H16N2O4S/c1-6(2)8(9(14)15)17-4-3-12-7(13)5-11-10(12)16/h6,8H,3-5H2,1-2H3,(H,11,16)(H,14,15). The van der Waals surface area contributed by atoms with E-state index >= 15 is 0 Å². The number of carbonyl (C=O) groups is 3. The van der Waals surface area contributed by atoms with Crippen LogP contribution in [0.4, 0.5) is 4.79 Å². The largest absolute Gasteiger partial charge is 0.480 e. The van der Waals surface area contributed by atoms with Crippen molar-refractivity contribution in [3.63, 3.8) is 0 Å². The van der Waals surface area contributed by atoms with Crippen molar-refractivity contribution in [1.82, 2.24) is 10.2 Å². The average Bonchev–Trinajstić information content (AvgIpc) is 2.53. The van der Waals surface area contributed by atoms with Gasteiger partial charge in [-0.25, -0.2) is 4.79 Å². The van der Waals surface area contributed by atoms with Gasteiger partial charge in [0.05, 0.1) is 6.54 Å². The Morgan fingerprint density at radius 1 is 1.53 bits per heavy atom. The quantitative estimate of drug-likeness (QED) is 0.674. The van der Waals surface area contributed by atoms with Crippen LogP contribution in [0.15, 0.2) is 0 Å². The van der Waals surface area contributed by atoms with Gasteiger partial charge in [-0.15, -0.1) is 11.8 Å². The van der Waals surface area contributed by atoms with Crippen molar-refractivity contribution in [2.24, 2.45) is 5.92 Å². The van der Waals surface area contributed by atoms with E-state index in [4.69, 9.17) is 5.11 Å². The lowest BCUT2D eigenvalue weighted by atomic mass is 10.1. The molecule has 0 saturated carbocycles. The lowest BCUT2D eigenvalue weighted by molar-refractivity contribution is -0.137. The Morgan fingerprint density at radius 2 is 2.18 bits per heavy atom. The van der Waals surface area contributed by atoms with Gasteiger partial charge in [0.2, 0.25) is 5.91 Å². The zero-order valence-corrected chi connectivity index (χ0v) is 10.6. The summed E-state index contributed by atoms with van der Waals surface area (Å²) in [6.07, 6.45) is 0. The molecule has 1 saturated heterocycles. The first-order valence-corrected chi connectivity index (χ1v) is 6.41. The maximum atomic E-state index is 11.2. The summed E-state index contributed by atoms with van der Waals surface area (Å²) in [7, 11) is 0. The molecule has 17 heavy (non-hydrogen) atoms. The van der Waals surface area contributed by atoms with Crippen molar-refractivity contribution in [3.8, 4) is 0 Å². The van der Waals surface area contributed by atoms with E-state index in [9.17, 15) is 14.4 Å². The second-order valence-electron chi connectivity index (χ2n) is 4.08. The minimum Gasteiger partial charge on any atom is -0.480 e. The average molecular weight is 260 g/mol. The lowest BCUT2D eigenvalue weighted by Gasteiger charge is -2.17. The molecule has 0 aromatic carbocycles. The van der Waals surface area contributed by atoms with Crippen LogP contribution in [0.25, 0.3) is 0 Å². The zero-order valence-electron chi connectivity index (χ0n) is 9.80. The molecule has 1 heterocycles.